The summed E-state index contributed by atoms with van der Waals surface area (Å²) in [6.45, 7) is 2.76. The van der Waals surface area contributed by atoms with Crippen molar-refractivity contribution in [2.24, 2.45) is 5.73 Å². The predicted octanol–water partition coefficient (Wildman–Crippen LogP) is 2.51. The Hall–Kier alpha value is -2.90. The van der Waals surface area contributed by atoms with E-state index in [1.807, 2.05) is 37.3 Å². The second-order valence-corrected chi connectivity index (χ2v) is 7.38. The number of rotatable bonds is 13. The van der Waals surface area contributed by atoms with Gasteiger partial charge in [0.1, 0.15) is 5.75 Å². The van der Waals surface area contributed by atoms with Crippen LogP contribution in [0.3, 0.4) is 0 Å². The number of nitrogens with zero attached hydrogens (tertiary/aromatic N) is 1. The van der Waals surface area contributed by atoms with Crippen molar-refractivity contribution in [3.05, 3.63) is 53.6 Å². The van der Waals surface area contributed by atoms with Crippen LogP contribution in [0.15, 0.2) is 42.5 Å². The molecule has 2 aromatic carbocycles. The molecule has 0 atom stereocenters. The van der Waals surface area contributed by atoms with E-state index in [1.54, 1.807) is 12.1 Å². The van der Waals surface area contributed by atoms with Gasteiger partial charge in [-0.25, -0.2) is 0 Å². The maximum Gasteiger partial charge on any atom is 0.249 e. The molecular formula is C24H32N2O5. The lowest BCUT2D eigenvalue weighted by Gasteiger charge is -2.20. The van der Waals surface area contributed by atoms with Crippen molar-refractivity contribution in [2.75, 3.05) is 32.9 Å². The molecule has 0 bridgehead atoms. The number of primary amides is 1. The number of aliphatic hydroxyl groups excluding tert-OH is 2. The van der Waals surface area contributed by atoms with Gasteiger partial charge in [0.2, 0.25) is 11.8 Å². The minimum Gasteiger partial charge on any atom is -0.493 e. The lowest BCUT2D eigenvalue weighted by Crippen LogP contribution is -2.35. The molecule has 2 aromatic rings. The van der Waals surface area contributed by atoms with Gasteiger partial charge in [0.15, 0.2) is 0 Å². The quantitative estimate of drug-likeness (QED) is 0.424. The molecule has 0 unspecified atom stereocenters. The normalized spacial score (nSPS) is 10.7. The Bertz CT molecular complexity index is 863. The smallest absolute Gasteiger partial charge is 0.249 e. The largest absolute Gasteiger partial charge is 0.493 e. The predicted molar refractivity (Wildman–Crippen MR) is 120 cm³/mol. The van der Waals surface area contributed by atoms with E-state index in [0.717, 1.165) is 41.7 Å². The lowest BCUT2D eigenvalue weighted by molar-refractivity contribution is -0.132. The van der Waals surface area contributed by atoms with E-state index in [2.05, 4.69) is 0 Å². The van der Waals surface area contributed by atoms with Gasteiger partial charge in [-0.3, -0.25) is 9.59 Å². The minimum atomic E-state index is -0.468. The summed E-state index contributed by atoms with van der Waals surface area (Å²) in [5.74, 6) is 0.232. The minimum absolute atomic E-state index is 0.0549. The van der Waals surface area contributed by atoms with Gasteiger partial charge in [0.25, 0.3) is 0 Å². The van der Waals surface area contributed by atoms with Crippen molar-refractivity contribution in [1.82, 2.24) is 4.90 Å². The summed E-state index contributed by atoms with van der Waals surface area (Å²) in [6, 6.07) is 13.0. The lowest BCUT2D eigenvalue weighted by atomic mass is 9.98. The zero-order valence-corrected chi connectivity index (χ0v) is 18.0. The number of hydrogen-bond donors (Lipinski definition) is 3. The van der Waals surface area contributed by atoms with Crippen LogP contribution < -0.4 is 10.5 Å². The van der Waals surface area contributed by atoms with E-state index in [9.17, 15) is 9.59 Å². The van der Waals surface area contributed by atoms with E-state index in [4.69, 9.17) is 20.7 Å². The third-order valence-electron chi connectivity index (χ3n) is 5.08. The number of benzene rings is 2. The summed E-state index contributed by atoms with van der Waals surface area (Å²) in [5, 5.41) is 18.0. The third kappa shape index (κ3) is 7.38. The first-order chi connectivity index (χ1) is 15.0. The maximum absolute atomic E-state index is 12.1. The van der Waals surface area contributed by atoms with Crippen LogP contribution in [-0.4, -0.2) is 59.8 Å². The zero-order valence-electron chi connectivity index (χ0n) is 18.0. The number of carbonyl (C=O) groups excluding carboxylic acids is 2. The molecule has 0 saturated carbocycles. The summed E-state index contributed by atoms with van der Waals surface area (Å²) in [7, 11) is 0. The highest BCUT2D eigenvalue weighted by atomic mass is 16.5. The van der Waals surface area contributed by atoms with Crippen LogP contribution in [0.1, 0.15) is 41.6 Å². The summed E-state index contributed by atoms with van der Waals surface area (Å²) in [6.07, 6.45) is 2.74. The number of amides is 2. The fraction of sp³-hybridized carbons (Fsp3) is 0.417. The molecule has 0 aliphatic carbocycles. The van der Waals surface area contributed by atoms with E-state index in [1.165, 1.54) is 4.90 Å². The molecular weight excluding hydrogens is 396 g/mol. The first-order valence-corrected chi connectivity index (χ1v) is 10.6. The first-order valence-electron chi connectivity index (χ1n) is 10.6. The Morgan fingerprint density at radius 1 is 1.00 bits per heavy atom. The molecule has 31 heavy (non-hydrogen) atoms. The molecule has 0 heterocycles. The van der Waals surface area contributed by atoms with Gasteiger partial charge in [0, 0.05) is 25.1 Å². The van der Waals surface area contributed by atoms with Crippen LogP contribution in [0.4, 0.5) is 0 Å². The van der Waals surface area contributed by atoms with Gasteiger partial charge < -0.3 is 25.6 Å². The molecule has 0 fully saturated rings. The summed E-state index contributed by atoms with van der Waals surface area (Å²) < 4.78 is 5.95. The van der Waals surface area contributed by atoms with Crippen LogP contribution in [0.25, 0.3) is 11.1 Å². The molecule has 4 N–H and O–H groups in total. The number of hydrogen-bond acceptors (Lipinski definition) is 5. The summed E-state index contributed by atoms with van der Waals surface area (Å²) >= 11 is 0. The number of ether oxygens (including phenoxy) is 1. The number of aryl methyl sites for hydroxylation is 1. The standard InChI is InChI=1S/C24H32N2O5/c1-18-10-11-19(20-7-4-5-8-21(20)24(25)30)17-22(18)31-16-6-2-3-9-23(29)26(12-14-27)13-15-28/h4-5,7-8,10-11,17,27-28H,2-3,6,9,12-16H2,1H3,(H2,25,30). The van der Waals surface area contributed by atoms with Crippen molar-refractivity contribution < 1.29 is 24.5 Å². The number of aliphatic hydroxyl groups is 2. The monoisotopic (exact) mass is 428 g/mol. The van der Waals surface area contributed by atoms with Crippen molar-refractivity contribution in [2.45, 2.75) is 32.6 Å². The van der Waals surface area contributed by atoms with Gasteiger partial charge >= 0.3 is 0 Å². The summed E-state index contributed by atoms with van der Waals surface area (Å²) in [5.41, 5.74) is 8.61. The Balaban J connectivity index is 1.86. The fourth-order valence-corrected chi connectivity index (χ4v) is 3.37. The van der Waals surface area contributed by atoms with Gasteiger partial charge in [-0.1, -0.05) is 30.3 Å². The Labute approximate surface area is 183 Å². The van der Waals surface area contributed by atoms with E-state index >= 15 is 0 Å². The van der Waals surface area contributed by atoms with Crippen molar-refractivity contribution in [1.29, 1.82) is 0 Å². The van der Waals surface area contributed by atoms with Gasteiger partial charge in [-0.05, 0) is 55.0 Å². The first kappa shape index (κ1) is 24.4. The molecule has 168 valence electrons. The third-order valence-corrected chi connectivity index (χ3v) is 5.08. The molecule has 0 aromatic heterocycles. The number of nitrogens with two attached hydrogens (primary N) is 1. The van der Waals surface area contributed by atoms with E-state index in [-0.39, 0.29) is 32.2 Å². The van der Waals surface area contributed by atoms with Gasteiger partial charge in [0.05, 0.1) is 19.8 Å². The fourth-order valence-electron chi connectivity index (χ4n) is 3.37. The summed E-state index contributed by atoms with van der Waals surface area (Å²) in [4.78, 5) is 25.3. The van der Waals surface area contributed by atoms with Crippen LogP contribution in [0.2, 0.25) is 0 Å². The van der Waals surface area contributed by atoms with Gasteiger partial charge in [-0.15, -0.1) is 0 Å². The molecule has 0 spiro atoms. The zero-order chi connectivity index (χ0) is 22.6. The highest BCUT2D eigenvalue weighted by Crippen LogP contribution is 2.29. The molecule has 2 rings (SSSR count). The Kier molecular flexibility index (Phi) is 10.00. The van der Waals surface area contributed by atoms with E-state index in [0.29, 0.717) is 18.6 Å². The Morgan fingerprint density at radius 2 is 1.71 bits per heavy atom. The second kappa shape index (κ2) is 12.7. The highest BCUT2D eigenvalue weighted by Gasteiger charge is 2.13. The topological polar surface area (TPSA) is 113 Å². The SMILES string of the molecule is Cc1ccc(-c2ccccc2C(N)=O)cc1OCCCCCC(=O)N(CCO)CCO. The van der Waals surface area contributed by atoms with Crippen LogP contribution >= 0.6 is 0 Å². The maximum atomic E-state index is 12.1. The Morgan fingerprint density at radius 3 is 2.39 bits per heavy atom. The molecule has 0 saturated heterocycles. The van der Waals surface area contributed by atoms with E-state index < -0.39 is 5.91 Å². The van der Waals surface area contributed by atoms with Crippen LogP contribution in [0.5, 0.6) is 5.75 Å². The van der Waals surface area contributed by atoms with Crippen molar-refractivity contribution >= 4 is 11.8 Å². The van der Waals surface area contributed by atoms with Gasteiger partial charge in [-0.2, -0.15) is 0 Å². The molecule has 0 aliphatic heterocycles. The average molecular weight is 429 g/mol. The second-order valence-electron chi connectivity index (χ2n) is 7.38. The highest BCUT2D eigenvalue weighted by molar-refractivity contribution is 5.99. The van der Waals surface area contributed by atoms with Crippen LogP contribution in [0, 0.1) is 6.92 Å². The number of unbranched alkanes of at least 4 members (excludes halogenated alkanes) is 2. The molecule has 7 heteroatoms. The molecule has 0 aliphatic rings. The molecule has 2 amide bonds. The molecule has 0 radical (unpaired) electrons. The van der Waals surface area contributed by atoms with Crippen LogP contribution in [-0.2, 0) is 4.79 Å². The molecule has 7 nitrogen and oxygen atoms in total. The average Bonchev–Trinajstić information content (AvgIpc) is 2.77. The van der Waals surface area contributed by atoms with Crippen molar-refractivity contribution in [3.63, 3.8) is 0 Å². The van der Waals surface area contributed by atoms with Crippen molar-refractivity contribution in [3.8, 4) is 16.9 Å². The number of carbonyl (C=O) groups is 2.